The molecule has 2 rings (SSSR count). The first-order chi connectivity index (χ1) is 13.2. The van der Waals surface area contributed by atoms with Gasteiger partial charge in [-0.05, 0) is 45.0 Å². The maximum Gasteiger partial charge on any atom is 0.339 e. The molecule has 0 fully saturated rings. The zero-order chi connectivity index (χ0) is 20.8. The van der Waals surface area contributed by atoms with E-state index in [0.29, 0.717) is 17.2 Å². The lowest BCUT2D eigenvalue weighted by atomic mass is 10.2. The highest BCUT2D eigenvalue weighted by atomic mass is 35.5. The molecule has 1 amide bonds. The maximum absolute atomic E-state index is 12.6. The van der Waals surface area contributed by atoms with Gasteiger partial charge >= 0.3 is 5.97 Å². The maximum atomic E-state index is 12.6. The first-order valence-electron chi connectivity index (χ1n) is 8.82. The van der Waals surface area contributed by atoms with E-state index in [1.165, 1.54) is 31.1 Å². The fourth-order valence-electron chi connectivity index (χ4n) is 2.52. The summed E-state index contributed by atoms with van der Waals surface area (Å²) >= 11 is 6.24. The van der Waals surface area contributed by atoms with Crippen LogP contribution in [-0.4, -0.2) is 38.2 Å². The smallest absolute Gasteiger partial charge is 0.339 e. The van der Waals surface area contributed by atoms with Crippen molar-refractivity contribution in [3.63, 3.8) is 0 Å². The van der Waals surface area contributed by atoms with Crippen molar-refractivity contribution in [3.8, 4) is 11.5 Å². The molecule has 150 valence electrons. The lowest BCUT2D eigenvalue weighted by Gasteiger charge is -2.22. The fourth-order valence-corrected chi connectivity index (χ4v) is 2.77. The second kappa shape index (κ2) is 9.46. The van der Waals surface area contributed by atoms with Crippen molar-refractivity contribution in [2.45, 2.75) is 33.0 Å². The molecule has 0 spiro atoms. The van der Waals surface area contributed by atoms with Crippen LogP contribution >= 0.6 is 11.6 Å². The van der Waals surface area contributed by atoms with Crippen LogP contribution in [0.1, 0.15) is 31.1 Å². The number of methoxy groups -OCH3 is 1. The summed E-state index contributed by atoms with van der Waals surface area (Å²) in [5, 5.41) is 0.223. The largest absolute Gasteiger partial charge is 0.493 e. The number of amides is 1. The third-order valence-corrected chi connectivity index (χ3v) is 4.21. The highest BCUT2D eigenvalue weighted by molar-refractivity contribution is 6.32. The molecule has 6 nitrogen and oxygen atoms in total. The quantitative estimate of drug-likeness (QED) is 0.641. The summed E-state index contributed by atoms with van der Waals surface area (Å²) in [6.45, 7) is 5.23. The molecule has 0 N–H and O–H groups in total. The van der Waals surface area contributed by atoms with Crippen molar-refractivity contribution in [2.75, 3.05) is 19.1 Å². The molecule has 1 atom stereocenters. The number of esters is 1. The summed E-state index contributed by atoms with van der Waals surface area (Å²) in [6, 6.07) is 12.0. The molecule has 0 aliphatic heterocycles. The van der Waals surface area contributed by atoms with Gasteiger partial charge in [0.05, 0.1) is 23.8 Å². The third-order valence-electron chi connectivity index (χ3n) is 3.92. The highest BCUT2D eigenvalue weighted by Crippen LogP contribution is 2.37. The van der Waals surface area contributed by atoms with E-state index < -0.39 is 12.1 Å². The number of anilines is 1. The summed E-state index contributed by atoms with van der Waals surface area (Å²) in [5.41, 5.74) is 0.871. The Labute approximate surface area is 169 Å². The van der Waals surface area contributed by atoms with E-state index in [2.05, 4.69) is 0 Å². The summed E-state index contributed by atoms with van der Waals surface area (Å²) < 4.78 is 16.2. The van der Waals surface area contributed by atoms with Crippen LogP contribution in [0.3, 0.4) is 0 Å². The van der Waals surface area contributed by atoms with E-state index in [0.717, 1.165) is 0 Å². The highest BCUT2D eigenvalue weighted by Gasteiger charge is 2.24. The fraction of sp³-hybridized carbons (Fsp3) is 0.333. The summed E-state index contributed by atoms with van der Waals surface area (Å²) in [5.74, 6) is -0.367. The minimum Gasteiger partial charge on any atom is -0.493 e. The minimum absolute atomic E-state index is 0.115. The van der Waals surface area contributed by atoms with Crippen LogP contribution in [0.5, 0.6) is 11.5 Å². The number of carbonyl (C=O) groups excluding carboxylic acids is 2. The molecule has 0 saturated carbocycles. The molecule has 2 aromatic rings. The van der Waals surface area contributed by atoms with Crippen LogP contribution in [0.2, 0.25) is 5.02 Å². The van der Waals surface area contributed by atoms with Gasteiger partial charge in [-0.3, -0.25) is 4.79 Å². The molecule has 7 heteroatoms. The van der Waals surface area contributed by atoms with Crippen molar-refractivity contribution in [1.29, 1.82) is 0 Å². The number of likely N-dealkylation sites (N-methyl/N-ethyl adjacent to an activating group) is 1. The monoisotopic (exact) mass is 405 g/mol. The van der Waals surface area contributed by atoms with Gasteiger partial charge in [-0.15, -0.1) is 0 Å². The van der Waals surface area contributed by atoms with Crippen LogP contribution in [-0.2, 0) is 9.53 Å². The van der Waals surface area contributed by atoms with Crippen LogP contribution in [0.15, 0.2) is 42.5 Å². The van der Waals surface area contributed by atoms with Gasteiger partial charge in [0.1, 0.15) is 0 Å². The summed E-state index contributed by atoms with van der Waals surface area (Å²) in [4.78, 5) is 26.5. The normalized spacial score (nSPS) is 11.7. The van der Waals surface area contributed by atoms with E-state index in [9.17, 15) is 9.59 Å². The number of benzene rings is 2. The SMILES string of the molecule is COc1cc(C(=O)O[C@H](C)C(=O)N(C)c2ccccc2)cc(Cl)c1OC(C)C. The van der Waals surface area contributed by atoms with E-state index in [4.69, 9.17) is 25.8 Å². The first-order valence-corrected chi connectivity index (χ1v) is 9.20. The summed E-state index contributed by atoms with van der Waals surface area (Å²) in [6.07, 6.45) is -1.09. The zero-order valence-electron chi connectivity index (χ0n) is 16.6. The minimum atomic E-state index is -0.978. The number of hydrogen-bond acceptors (Lipinski definition) is 5. The van der Waals surface area contributed by atoms with Crippen LogP contribution in [0.4, 0.5) is 5.69 Å². The van der Waals surface area contributed by atoms with E-state index in [-0.39, 0.29) is 22.6 Å². The van der Waals surface area contributed by atoms with Gasteiger partial charge in [0.25, 0.3) is 5.91 Å². The van der Waals surface area contributed by atoms with Gasteiger partial charge < -0.3 is 19.1 Å². The molecule has 2 aromatic carbocycles. The molecule has 0 saturated heterocycles. The Bertz CT molecular complexity index is 838. The van der Waals surface area contributed by atoms with Crippen LogP contribution in [0, 0.1) is 0 Å². The topological polar surface area (TPSA) is 65.1 Å². The molecule has 0 unspecified atom stereocenters. The lowest BCUT2D eigenvalue weighted by Crippen LogP contribution is -2.37. The molecule has 0 bridgehead atoms. The number of carbonyl (C=O) groups is 2. The molecular formula is C21H24ClNO5. The number of para-hydroxylation sites is 1. The summed E-state index contributed by atoms with van der Waals surface area (Å²) in [7, 11) is 3.08. The van der Waals surface area contributed by atoms with E-state index in [1.807, 2.05) is 32.0 Å². The Kier molecular flexibility index (Phi) is 7.29. The Morgan fingerprint density at radius 2 is 1.71 bits per heavy atom. The predicted octanol–water partition coefficient (Wildman–Crippen LogP) is 4.34. The number of rotatable bonds is 7. The number of nitrogens with zero attached hydrogens (tertiary/aromatic N) is 1. The Morgan fingerprint density at radius 3 is 2.29 bits per heavy atom. The van der Waals surface area contributed by atoms with Crippen LogP contribution < -0.4 is 14.4 Å². The average molecular weight is 406 g/mol. The van der Waals surface area contributed by atoms with Crippen molar-refractivity contribution >= 4 is 29.2 Å². The second-order valence-corrected chi connectivity index (χ2v) is 6.84. The van der Waals surface area contributed by atoms with Gasteiger partial charge in [0.15, 0.2) is 17.6 Å². The van der Waals surface area contributed by atoms with Gasteiger partial charge in [0.2, 0.25) is 0 Å². The Morgan fingerprint density at radius 1 is 1.07 bits per heavy atom. The number of hydrogen-bond donors (Lipinski definition) is 0. The Hall–Kier alpha value is -2.73. The first kappa shape index (κ1) is 21.6. The molecule has 0 aliphatic carbocycles. The van der Waals surface area contributed by atoms with E-state index in [1.54, 1.807) is 19.2 Å². The number of halogens is 1. The average Bonchev–Trinajstić information content (AvgIpc) is 2.68. The molecule has 0 radical (unpaired) electrons. The number of ether oxygens (including phenoxy) is 3. The molecule has 0 aliphatic rings. The van der Waals surface area contributed by atoms with E-state index >= 15 is 0 Å². The van der Waals surface area contributed by atoms with Crippen molar-refractivity contribution < 1.29 is 23.8 Å². The molecular weight excluding hydrogens is 382 g/mol. The van der Waals surface area contributed by atoms with Gasteiger partial charge in [-0.25, -0.2) is 4.79 Å². The molecule has 28 heavy (non-hydrogen) atoms. The van der Waals surface area contributed by atoms with Crippen LogP contribution in [0.25, 0.3) is 0 Å². The van der Waals surface area contributed by atoms with Crippen molar-refractivity contribution in [1.82, 2.24) is 0 Å². The van der Waals surface area contributed by atoms with Crippen molar-refractivity contribution in [2.24, 2.45) is 0 Å². The van der Waals surface area contributed by atoms with Crippen molar-refractivity contribution in [3.05, 3.63) is 53.1 Å². The van der Waals surface area contributed by atoms with Gasteiger partial charge in [-0.1, -0.05) is 29.8 Å². The molecule has 0 aromatic heterocycles. The zero-order valence-corrected chi connectivity index (χ0v) is 17.3. The molecule has 0 heterocycles. The predicted molar refractivity (Wildman–Crippen MR) is 108 cm³/mol. The Balaban J connectivity index is 2.15. The van der Waals surface area contributed by atoms with Gasteiger partial charge in [-0.2, -0.15) is 0 Å². The van der Waals surface area contributed by atoms with Gasteiger partial charge in [0, 0.05) is 12.7 Å². The second-order valence-electron chi connectivity index (χ2n) is 6.44. The third kappa shape index (κ3) is 5.16. The lowest BCUT2D eigenvalue weighted by molar-refractivity contribution is -0.126. The standard InChI is InChI=1S/C21H24ClNO5/c1-13(2)27-19-17(22)11-15(12-18(19)26-5)21(25)28-14(3)20(24)23(4)16-9-7-6-8-10-16/h6-14H,1-5H3/t14-/m1/s1.